The average Bonchev–Trinajstić information content (AvgIpc) is 3.03. The number of nitrogens with one attached hydrogen (secondary N) is 1. The van der Waals surface area contributed by atoms with Gasteiger partial charge in [-0.15, -0.1) is 11.3 Å². The van der Waals surface area contributed by atoms with Crippen LogP contribution in [0.2, 0.25) is 0 Å². The summed E-state index contributed by atoms with van der Waals surface area (Å²) in [5.41, 5.74) is -1.34. The number of H-pyrrole nitrogens is 1. The standard InChI is InChI=1S/C16H22N2O5S2/c1-16(2,11-25(21,22)14-5-3-10-24-14)7-4-9-23-12-18-8-6-13(19)17-15(18)20/h3,5-6,8,10H,4,7,9,11-12H2,1-2H3,(H,17,19,20). The highest BCUT2D eigenvalue weighted by atomic mass is 32.2. The van der Waals surface area contributed by atoms with Gasteiger partial charge in [-0.05, 0) is 29.7 Å². The van der Waals surface area contributed by atoms with Crippen LogP contribution in [0.3, 0.4) is 0 Å². The van der Waals surface area contributed by atoms with Gasteiger partial charge in [0.05, 0.1) is 5.75 Å². The molecule has 0 saturated carbocycles. The van der Waals surface area contributed by atoms with Gasteiger partial charge in [-0.2, -0.15) is 0 Å². The van der Waals surface area contributed by atoms with Crippen LogP contribution < -0.4 is 11.2 Å². The van der Waals surface area contributed by atoms with Crippen molar-refractivity contribution in [2.75, 3.05) is 12.4 Å². The van der Waals surface area contributed by atoms with Crippen molar-refractivity contribution in [2.24, 2.45) is 5.41 Å². The molecule has 9 heteroatoms. The van der Waals surface area contributed by atoms with E-state index in [0.717, 1.165) is 0 Å². The fourth-order valence-electron chi connectivity index (χ4n) is 2.46. The Morgan fingerprint density at radius 2 is 2.04 bits per heavy atom. The lowest BCUT2D eigenvalue weighted by atomic mass is 9.90. The zero-order valence-corrected chi connectivity index (χ0v) is 15.9. The van der Waals surface area contributed by atoms with Gasteiger partial charge in [-0.3, -0.25) is 14.3 Å². The van der Waals surface area contributed by atoms with Crippen LogP contribution in [0.25, 0.3) is 0 Å². The van der Waals surface area contributed by atoms with Crippen molar-refractivity contribution in [3.63, 3.8) is 0 Å². The topological polar surface area (TPSA) is 98.2 Å². The summed E-state index contributed by atoms with van der Waals surface area (Å²) in [6.45, 7) is 4.28. The second-order valence-corrected chi connectivity index (χ2v) is 9.74. The van der Waals surface area contributed by atoms with E-state index in [9.17, 15) is 18.0 Å². The van der Waals surface area contributed by atoms with Gasteiger partial charge in [-0.25, -0.2) is 13.2 Å². The molecule has 0 aromatic carbocycles. The summed E-state index contributed by atoms with van der Waals surface area (Å²) in [7, 11) is -3.27. The van der Waals surface area contributed by atoms with E-state index in [1.54, 1.807) is 17.5 Å². The van der Waals surface area contributed by atoms with Gasteiger partial charge in [0.25, 0.3) is 5.56 Å². The number of thiophene rings is 1. The lowest BCUT2D eigenvalue weighted by molar-refractivity contribution is 0.0663. The number of nitrogens with zero attached hydrogens (tertiary/aromatic N) is 1. The van der Waals surface area contributed by atoms with Crippen molar-refractivity contribution in [3.8, 4) is 0 Å². The zero-order chi connectivity index (χ0) is 18.5. The van der Waals surface area contributed by atoms with Crippen LogP contribution >= 0.6 is 11.3 Å². The van der Waals surface area contributed by atoms with Crippen LogP contribution in [0, 0.1) is 5.41 Å². The molecular formula is C16H22N2O5S2. The Labute approximate surface area is 150 Å². The van der Waals surface area contributed by atoms with Crippen LogP contribution in [0.1, 0.15) is 26.7 Å². The molecule has 138 valence electrons. The Hall–Kier alpha value is -1.71. The molecule has 7 nitrogen and oxygen atoms in total. The van der Waals surface area contributed by atoms with E-state index in [4.69, 9.17) is 4.74 Å². The van der Waals surface area contributed by atoms with E-state index in [0.29, 0.717) is 23.7 Å². The predicted molar refractivity (Wildman–Crippen MR) is 96.7 cm³/mol. The Kier molecular flexibility index (Phi) is 6.36. The summed E-state index contributed by atoms with van der Waals surface area (Å²) < 4.78 is 31.8. The molecule has 0 unspecified atom stereocenters. The molecule has 0 atom stereocenters. The molecule has 1 N–H and O–H groups in total. The number of sulfone groups is 1. The molecule has 0 aliphatic carbocycles. The van der Waals surface area contributed by atoms with Crippen LogP contribution in [0.5, 0.6) is 0 Å². The van der Waals surface area contributed by atoms with Gasteiger partial charge in [0.1, 0.15) is 10.9 Å². The van der Waals surface area contributed by atoms with Crippen LogP contribution in [-0.2, 0) is 21.3 Å². The number of aromatic nitrogens is 2. The second kappa shape index (κ2) is 8.11. The van der Waals surface area contributed by atoms with Crippen molar-refractivity contribution >= 4 is 21.2 Å². The van der Waals surface area contributed by atoms with Gasteiger partial charge in [-0.1, -0.05) is 19.9 Å². The average molecular weight is 386 g/mol. The maximum atomic E-state index is 12.4. The van der Waals surface area contributed by atoms with E-state index in [2.05, 4.69) is 4.98 Å². The Balaban J connectivity index is 1.78. The number of ether oxygens (including phenoxy) is 1. The summed E-state index contributed by atoms with van der Waals surface area (Å²) in [6, 6.07) is 4.61. The van der Waals surface area contributed by atoms with Crippen molar-refractivity contribution in [3.05, 3.63) is 50.6 Å². The molecule has 0 bridgehead atoms. The van der Waals surface area contributed by atoms with Crippen molar-refractivity contribution in [2.45, 2.75) is 37.6 Å². The molecule has 0 saturated heterocycles. The Morgan fingerprint density at radius 1 is 1.28 bits per heavy atom. The zero-order valence-electron chi connectivity index (χ0n) is 14.2. The first-order valence-electron chi connectivity index (χ1n) is 7.83. The molecule has 2 rings (SSSR count). The third-order valence-electron chi connectivity index (χ3n) is 3.65. The maximum Gasteiger partial charge on any atom is 0.330 e. The highest BCUT2D eigenvalue weighted by Gasteiger charge is 2.27. The van der Waals surface area contributed by atoms with E-state index in [-0.39, 0.29) is 17.9 Å². The van der Waals surface area contributed by atoms with Crippen LogP contribution in [-0.4, -0.2) is 30.3 Å². The lowest BCUT2D eigenvalue weighted by Crippen LogP contribution is -2.29. The minimum Gasteiger partial charge on any atom is -0.361 e. The second-order valence-electron chi connectivity index (χ2n) is 6.58. The van der Waals surface area contributed by atoms with E-state index in [1.807, 2.05) is 13.8 Å². The largest absolute Gasteiger partial charge is 0.361 e. The monoisotopic (exact) mass is 386 g/mol. The summed E-state index contributed by atoms with van der Waals surface area (Å²) >= 11 is 1.23. The molecule has 0 aliphatic rings. The maximum absolute atomic E-state index is 12.4. The highest BCUT2D eigenvalue weighted by molar-refractivity contribution is 7.93. The van der Waals surface area contributed by atoms with Crippen LogP contribution in [0.4, 0.5) is 0 Å². The third kappa shape index (κ3) is 5.94. The molecule has 2 aromatic heterocycles. The van der Waals surface area contributed by atoms with E-state index in [1.165, 1.54) is 28.2 Å². The van der Waals surface area contributed by atoms with Gasteiger partial charge in [0.2, 0.25) is 0 Å². The molecule has 25 heavy (non-hydrogen) atoms. The van der Waals surface area contributed by atoms with Crippen molar-refractivity contribution < 1.29 is 13.2 Å². The van der Waals surface area contributed by atoms with Crippen LogP contribution in [0.15, 0.2) is 43.6 Å². The molecule has 2 heterocycles. The quantitative estimate of drug-likeness (QED) is 0.663. The summed E-state index contributed by atoms with van der Waals surface area (Å²) in [5.74, 6) is 0.0832. The van der Waals surface area contributed by atoms with Crippen molar-refractivity contribution in [1.29, 1.82) is 0 Å². The molecular weight excluding hydrogens is 364 g/mol. The normalized spacial score (nSPS) is 12.4. The van der Waals surface area contributed by atoms with E-state index >= 15 is 0 Å². The molecule has 0 spiro atoms. The molecule has 2 aromatic rings. The molecule has 0 amide bonds. The minimum atomic E-state index is -3.27. The van der Waals surface area contributed by atoms with Gasteiger partial charge in [0, 0.05) is 18.9 Å². The number of hydrogen-bond acceptors (Lipinski definition) is 6. The number of hydrogen-bond donors (Lipinski definition) is 1. The number of rotatable bonds is 9. The van der Waals surface area contributed by atoms with Gasteiger partial charge < -0.3 is 4.74 Å². The fraction of sp³-hybridized carbons (Fsp3) is 0.500. The first-order valence-corrected chi connectivity index (χ1v) is 10.4. The third-order valence-corrected chi connectivity index (χ3v) is 7.27. The minimum absolute atomic E-state index is 0.0452. The smallest absolute Gasteiger partial charge is 0.330 e. The summed E-state index contributed by atoms with van der Waals surface area (Å²) in [5, 5.41) is 1.76. The Bertz CT molecular complexity index is 895. The van der Waals surface area contributed by atoms with Crippen molar-refractivity contribution in [1.82, 2.24) is 9.55 Å². The molecule has 0 aliphatic heterocycles. The molecule has 0 fully saturated rings. The summed E-state index contributed by atoms with van der Waals surface area (Å²) in [4.78, 5) is 24.6. The number of aromatic amines is 1. The fourth-order valence-corrected chi connectivity index (χ4v) is 5.44. The predicted octanol–water partition coefficient (Wildman–Crippen LogP) is 1.85. The first kappa shape index (κ1) is 19.6. The SMILES string of the molecule is CC(C)(CCCOCn1ccc(=O)[nH]c1=O)CS(=O)(=O)c1cccs1. The summed E-state index contributed by atoms with van der Waals surface area (Å²) in [6.07, 6.45) is 2.72. The van der Waals surface area contributed by atoms with Gasteiger partial charge in [0.15, 0.2) is 9.84 Å². The lowest BCUT2D eigenvalue weighted by Gasteiger charge is -2.24. The van der Waals surface area contributed by atoms with E-state index < -0.39 is 21.1 Å². The molecule has 0 radical (unpaired) electrons. The Morgan fingerprint density at radius 3 is 2.68 bits per heavy atom. The highest BCUT2D eigenvalue weighted by Crippen LogP contribution is 2.29. The van der Waals surface area contributed by atoms with Gasteiger partial charge >= 0.3 is 5.69 Å². The first-order chi connectivity index (χ1) is 11.7.